The van der Waals surface area contributed by atoms with Crippen LogP contribution in [0.15, 0.2) is 51.8 Å². The number of carbonyl (C=O) groups excluding carboxylic acids is 1. The molecule has 0 saturated heterocycles. The average Bonchev–Trinajstić information content (AvgIpc) is 2.74. The van der Waals surface area contributed by atoms with Crippen molar-refractivity contribution in [2.75, 3.05) is 11.9 Å². The van der Waals surface area contributed by atoms with Gasteiger partial charge in [0.05, 0.1) is 16.0 Å². The number of amides is 1. The largest absolute Gasteiger partial charge is 0.492 e. The minimum absolute atomic E-state index is 0.0988. The number of rotatable bonds is 10. The Hall–Kier alpha value is -2.01. The van der Waals surface area contributed by atoms with E-state index >= 15 is 0 Å². The molecule has 0 spiro atoms. The van der Waals surface area contributed by atoms with Gasteiger partial charge in [-0.05, 0) is 96.3 Å². The highest BCUT2D eigenvalue weighted by Crippen LogP contribution is 2.26. The van der Waals surface area contributed by atoms with Gasteiger partial charge in [0.25, 0.3) is 5.91 Å². The molecule has 10 heteroatoms. The fraction of sp³-hybridized carbons (Fsp3) is 0.391. The van der Waals surface area contributed by atoms with E-state index in [2.05, 4.69) is 45.1 Å². The van der Waals surface area contributed by atoms with E-state index in [0.717, 1.165) is 6.42 Å². The van der Waals surface area contributed by atoms with Gasteiger partial charge in [-0.3, -0.25) is 10.1 Å². The number of nitrogens with one attached hydrogen (secondary N) is 3. The third kappa shape index (κ3) is 8.69. The van der Waals surface area contributed by atoms with Crippen LogP contribution in [-0.2, 0) is 10.0 Å². The van der Waals surface area contributed by atoms with E-state index in [-0.39, 0.29) is 22.0 Å². The Morgan fingerprint density at radius 1 is 1.12 bits per heavy atom. The monoisotopic (exact) mass is 555 g/mol. The predicted molar refractivity (Wildman–Crippen MR) is 139 cm³/mol. The zero-order valence-corrected chi connectivity index (χ0v) is 22.4. The summed E-state index contributed by atoms with van der Waals surface area (Å²) in [5, 5.41) is 5.60. The van der Waals surface area contributed by atoms with Crippen molar-refractivity contribution in [2.45, 2.75) is 51.5 Å². The van der Waals surface area contributed by atoms with Gasteiger partial charge in [-0.15, -0.1) is 0 Å². The van der Waals surface area contributed by atoms with Gasteiger partial charge in [0.2, 0.25) is 10.0 Å². The Morgan fingerprint density at radius 3 is 2.36 bits per heavy atom. The second-order valence-corrected chi connectivity index (χ2v) is 11.0. The number of carbonyl (C=O) groups is 1. The quantitative estimate of drug-likeness (QED) is 0.354. The van der Waals surface area contributed by atoms with Gasteiger partial charge in [-0.1, -0.05) is 20.8 Å². The van der Waals surface area contributed by atoms with Crippen molar-refractivity contribution >= 4 is 54.9 Å². The van der Waals surface area contributed by atoms with Crippen LogP contribution in [0.3, 0.4) is 0 Å². The molecule has 180 valence electrons. The molecule has 0 aliphatic rings. The fourth-order valence-electron chi connectivity index (χ4n) is 2.64. The first-order valence-corrected chi connectivity index (χ1v) is 13.4. The van der Waals surface area contributed by atoms with Gasteiger partial charge in [0, 0.05) is 17.3 Å². The van der Waals surface area contributed by atoms with Crippen LogP contribution < -0.4 is 20.1 Å². The Bertz CT molecular complexity index is 1070. The highest BCUT2D eigenvalue weighted by molar-refractivity contribution is 9.10. The van der Waals surface area contributed by atoms with Gasteiger partial charge < -0.3 is 10.1 Å². The van der Waals surface area contributed by atoms with E-state index in [1.807, 2.05) is 6.92 Å². The third-order valence-electron chi connectivity index (χ3n) is 4.77. The Kier molecular flexibility index (Phi) is 10.3. The molecule has 1 atom stereocenters. The average molecular weight is 557 g/mol. The lowest BCUT2D eigenvalue weighted by molar-refractivity contribution is 0.0977. The number of hydrogen-bond acceptors (Lipinski definition) is 5. The number of thiocarbonyl (C=S) groups is 1. The summed E-state index contributed by atoms with van der Waals surface area (Å²) < 4.78 is 33.7. The van der Waals surface area contributed by atoms with Gasteiger partial charge >= 0.3 is 0 Å². The molecule has 2 rings (SSSR count). The maximum absolute atomic E-state index is 12.5. The molecule has 3 N–H and O–H groups in total. The fourth-order valence-corrected chi connectivity index (χ4v) is 4.67. The van der Waals surface area contributed by atoms with Crippen LogP contribution in [0.2, 0.25) is 0 Å². The molecule has 0 saturated carbocycles. The van der Waals surface area contributed by atoms with Crippen LogP contribution in [0.1, 0.15) is 50.9 Å². The van der Waals surface area contributed by atoms with Gasteiger partial charge in [-0.25, -0.2) is 13.1 Å². The number of ether oxygens (including phenoxy) is 1. The predicted octanol–water partition coefficient (Wildman–Crippen LogP) is 5.08. The van der Waals surface area contributed by atoms with E-state index in [9.17, 15) is 13.2 Å². The maximum Gasteiger partial charge on any atom is 0.257 e. The number of sulfonamides is 1. The lowest BCUT2D eigenvalue weighted by Crippen LogP contribution is -2.34. The Labute approximate surface area is 209 Å². The summed E-state index contributed by atoms with van der Waals surface area (Å²) in [7, 11) is -3.58. The summed E-state index contributed by atoms with van der Waals surface area (Å²) in [4.78, 5) is 12.7. The molecule has 2 aromatic rings. The molecular formula is C23H30BrN3O4S2. The van der Waals surface area contributed by atoms with E-state index in [1.165, 1.54) is 12.1 Å². The van der Waals surface area contributed by atoms with Crippen molar-refractivity contribution < 1.29 is 17.9 Å². The highest BCUT2D eigenvalue weighted by Gasteiger charge is 2.16. The van der Waals surface area contributed by atoms with Gasteiger partial charge in [0.15, 0.2) is 5.11 Å². The molecule has 0 bridgehead atoms. The molecular weight excluding hydrogens is 526 g/mol. The first-order valence-electron chi connectivity index (χ1n) is 10.7. The summed E-state index contributed by atoms with van der Waals surface area (Å²) >= 11 is 8.66. The minimum atomic E-state index is -3.58. The van der Waals surface area contributed by atoms with Crippen LogP contribution in [0.5, 0.6) is 5.75 Å². The Balaban J connectivity index is 1.95. The molecule has 1 unspecified atom stereocenters. The number of benzene rings is 2. The topological polar surface area (TPSA) is 96.5 Å². The number of halogens is 1. The van der Waals surface area contributed by atoms with Gasteiger partial charge in [0.1, 0.15) is 5.75 Å². The zero-order chi connectivity index (χ0) is 24.6. The van der Waals surface area contributed by atoms with E-state index < -0.39 is 10.0 Å². The molecule has 0 heterocycles. The molecule has 7 nitrogen and oxygen atoms in total. The molecule has 1 amide bonds. The van der Waals surface area contributed by atoms with Crippen LogP contribution in [0.25, 0.3) is 0 Å². The molecule has 0 fully saturated rings. The van der Waals surface area contributed by atoms with Crippen LogP contribution >= 0.6 is 28.1 Å². The lowest BCUT2D eigenvalue weighted by atomic mass is 10.1. The van der Waals surface area contributed by atoms with Crippen LogP contribution in [-0.4, -0.2) is 32.1 Å². The summed E-state index contributed by atoms with van der Waals surface area (Å²) in [5.41, 5.74) is 0.970. The van der Waals surface area contributed by atoms with Gasteiger partial charge in [-0.2, -0.15) is 0 Å². The number of anilines is 1. The third-order valence-corrected chi connectivity index (χ3v) is 7.19. The van der Waals surface area contributed by atoms with Crippen molar-refractivity contribution in [3.63, 3.8) is 0 Å². The molecule has 33 heavy (non-hydrogen) atoms. The lowest BCUT2D eigenvalue weighted by Gasteiger charge is -2.13. The SMILES string of the molecule is CCC(C)NS(=O)(=O)c1ccc(NC(=S)NC(=O)c2ccc(OCCC(C)C)c(Br)c2)cc1. The summed E-state index contributed by atoms with van der Waals surface area (Å²) in [6, 6.07) is 11.1. The second kappa shape index (κ2) is 12.5. The zero-order valence-electron chi connectivity index (χ0n) is 19.1. The second-order valence-electron chi connectivity index (χ2n) is 8.04. The molecule has 0 radical (unpaired) electrons. The van der Waals surface area contributed by atoms with Crippen molar-refractivity contribution in [1.82, 2.24) is 10.0 Å². The Morgan fingerprint density at radius 2 is 1.79 bits per heavy atom. The van der Waals surface area contributed by atoms with Crippen molar-refractivity contribution in [3.8, 4) is 5.75 Å². The molecule has 0 aliphatic carbocycles. The first kappa shape index (κ1) is 27.2. The normalized spacial score (nSPS) is 12.3. The van der Waals surface area contributed by atoms with E-state index in [4.69, 9.17) is 17.0 Å². The van der Waals surface area contributed by atoms with Crippen molar-refractivity contribution in [1.29, 1.82) is 0 Å². The summed E-state index contributed by atoms with van der Waals surface area (Å²) in [5.74, 6) is 0.842. The standard InChI is InChI=1S/C23H30BrN3O4S2/c1-5-16(4)27-33(29,30)19-9-7-18(8-10-19)25-23(32)26-22(28)17-6-11-21(20(24)14-17)31-13-12-15(2)3/h6-11,14-16,27H,5,12-13H2,1-4H3,(H2,25,26,28,32). The van der Waals surface area contributed by atoms with Crippen LogP contribution in [0.4, 0.5) is 5.69 Å². The number of hydrogen-bond donors (Lipinski definition) is 3. The molecule has 0 aliphatic heterocycles. The maximum atomic E-state index is 12.5. The first-order chi connectivity index (χ1) is 15.5. The summed E-state index contributed by atoms with van der Waals surface area (Å²) in [6.45, 7) is 8.57. The molecule has 2 aromatic carbocycles. The van der Waals surface area contributed by atoms with E-state index in [1.54, 1.807) is 37.3 Å². The molecule has 0 aromatic heterocycles. The van der Waals surface area contributed by atoms with E-state index in [0.29, 0.717) is 40.4 Å². The van der Waals surface area contributed by atoms with Crippen molar-refractivity contribution in [3.05, 3.63) is 52.5 Å². The summed E-state index contributed by atoms with van der Waals surface area (Å²) in [6.07, 6.45) is 1.63. The minimum Gasteiger partial charge on any atom is -0.492 e. The smallest absolute Gasteiger partial charge is 0.257 e. The van der Waals surface area contributed by atoms with Crippen LogP contribution in [0, 0.1) is 5.92 Å². The van der Waals surface area contributed by atoms with Crippen molar-refractivity contribution in [2.24, 2.45) is 5.92 Å². The highest BCUT2D eigenvalue weighted by atomic mass is 79.9.